The third-order valence-electron chi connectivity index (χ3n) is 7.54. The molecule has 1 saturated heterocycles. The van der Waals surface area contributed by atoms with Gasteiger partial charge in [-0.2, -0.15) is 13.2 Å². The third-order valence-corrected chi connectivity index (χ3v) is 7.54. The van der Waals surface area contributed by atoms with E-state index in [-0.39, 0.29) is 43.2 Å². The molecule has 3 rings (SSSR count). The standard InChI is InChI=1S/C28H42N8O4.C2HF3O2/c1-6-10-20-15-36(34-33-20)21-14-23(27(39)31-22(25(29)37)13-19-11-8-7-9-12-19)35(16-21)28(40)24(17(2)3)32-26(38)18(4)30-5;3-2(4,5)1(6)7/h7-9,11-12,15,17-18,21-24,30H,6,10,13-14,16H2,1-5H3,(H2,29,37)(H,31,39)(H,32,38);(H,6,7)/t18-,21+,22-,23-,24-;/m0./s1. The number of hydrogen-bond acceptors (Lipinski definition) is 8. The SMILES string of the molecule is CCCc1cn([C@@H]2C[C@@H](C(=O)N[C@@H](Cc3ccccc3)C(N)=O)N(C(=O)[C@@H](NC(=O)[C@H](C)NC)C(C)C)C2)nn1.O=C(O)C(F)(F)F. The predicted octanol–water partition coefficient (Wildman–Crippen LogP) is 0.967. The number of carboxylic acids is 1. The van der Waals surface area contributed by atoms with Gasteiger partial charge in [0.2, 0.25) is 23.6 Å². The van der Waals surface area contributed by atoms with E-state index in [4.69, 9.17) is 15.6 Å². The highest BCUT2D eigenvalue weighted by Crippen LogP contribution is 2.29. The molecule has 1 aromatic heterocycles. The zero-order valence-electron chi connectivity index (χ0n) is 27.0. The van der Waals surface area contributed by atoms with E-state index in [1.54, 1.807) is 18.7 Å². The van der Waals surface area contributed by atoms with Crippen LogP contribution in [0.1, 0.15) is 57.8 Å². The van der Waals surface area contributed by atoms with Crippen molar-refractivity contribution in [1.82, 2.24) is 35.8 Å². The van der Waals surface area contributed by atoms with Crippen LogP contribution in [0.4, 0.5) is 13.2 Å². The fourth-order valence-electron chi connectivity index (χ4n) is 4.80. The van der Waals surface area contributed by atoms with E-state index in [1.165, 1.54) is 4.90 Å². The number of likely N-dealkylation sites (N-methyl/N-ethyl adjacent to an activating group) is 1. The molecule has 0 aliphatic carbocycles. The number of aromatic nitrogens is 3. The molecule has 0 spiro atoms. The summed E-state index contributed by atoms with van der Waals surface area (Å²) < 4.78 is 33.4. The lowest BCUT2D eigenvalue weighted by Gasteiger charge is -2.31. The van der Waals surface area contributed by atoms with Gasteiger partial charge >= 0.3 is 12.1 Å². The zero-order valence-corrected chi connectivity index (χ0v) is 27.0. The lowest BCUT2D eigenvalue weighted by atomic mass is 10.0. The van der Waals surface area contributed by atoms with Crippen molar-refractivity contribution < 1.29 is 42.3 Å². The second-order valence-electron chi connectivity index (χ2n) is 11.5. The van der Waals surface area contributed by atoms with Crippen LogP contribution in [0.3, 0.4) is 0 Å². The minimum absolute atomic E-state index is 0.201. The molecule has 1 aliphatic heterocycles. The van der Waals surface area contributed by atoms with Crippen molar-refractivity contribution in [2.45, 2.75) is 89.8 Å². The minimum Gasteiger partial charge on any atom is -0.475 e. The van der Waals surface area contributed by atoms with Crippen LogP contribution in [-0.4, -0.2) is 98.5 Å². The summed E-state index contributed by atoms with van der Waals surface area (Å²) in [5.74, 6) is -4.83. The average molecular weight is 669 g/mol. The summed E-state index contributed by atoms with van der Waals surface area (Å²) in [7, 11) is 1.66. The number of nitrogens with zero attached hydrogens (tertiary/aromatic N) is 4. The molecule has 4 amide bonds. The van der Waals surface area contributed by atoms with Crippen LogP contribution < -0.4 is 21.7 Å². The smallest absolute Gasteiger partial charge is 0.475 e. The van der Waals surface area contributed by atoms with E-state index in [1.807, 2.05) is 50.4 Å². The Morgan fingerprint density at radius 1 is 1.09 bits per heavy atom. The van der Waals surface area contributed by atoms with Crippen molar-refractivity contribution >= 4 is 29.6 Å². The molecular formula is C30H43F3N8O6. The summed E-state index contributed by atoms with van der Waals surface area (Å²) in [6.07, 6.45) is -1.06. The van der Waals surface area contributed by atoms with E-state index in [2.05, 4.69) is 33.2 Å². The Kier molecular flexibility index (Phi) is 14.3. The fourth-order valence-corrected chi connectivity index (χ4v) is 4.80. The van der Waals surface area contributed by atoms with Gasteiger partial charge in [0, 0.05) is 25.6 Å². The number of hydrogen-bond donors (Lipinski definition) is 5. The number of carbonyl (C=O) groups is 5. The Bertz CT molecular complexity index is 1370. The van der Waals surface area contributed by atoms with Crippen molar-refractivity contribution in [3.63, 3.8) is 0 Å². The second kappa shape index (κ2) is 17.4. The number of nitrogens with one attached hydrogen (secondary N) is 3. The van der Waals surface area contributed by atoms with Gasteiger partial charge in [-0.3, -0.25) is 19.2 Å². The van der Waals surface area contributed by atoms with Crippen LogP contribution in [0, 0.1) is 5.92 Å². The monoisotopic (exact) mass is 668 g/mol. The van der Waals surface area contributed by atoms with Crippen molar-refractivity contribution in [2.75, 3.05) is 13.6 Å². The van der Waals surface area contributed by atoms with Crippen LogP contribution in [-0.2, 0) is 36.8 Å². The molecule has 2 aromatic rings. The van der Waals surface area contributed by atoms with Gasteiger partial charge in [-0.15, -0.1) is 5.10 Å². The third kappa shape index (κ3) is 11.3. The van der Waals surface area contributed by atoms with Gasteiger partial charge in [0.25, 0.3) is 0 Å². The van der Waals surface area contributed by atoms with Crippen LogP contribution in [0.25, 0.3) is 0 Å². The molecule has 1 aliphatic rings. The molecular weight excluding hydrogens is 625 g/mol. The summed E-state index contributed by atoms with van der Waals surface area (Å²) in [6, 6.07) is 5.75. The van der Waals surface area contributed by atoms with Gasteiger partial charge < -0.3 is 31.7 Å². The van der Waals surface area contributed by atoms with Gasteiger partial charge in [0.05, 0.1) is 17.8 Å². The van der Waals surface area contributed by atoms with E-state index in [0.717, 1.165) is 24.1 Å². The van der Waals surface area contributed by atoms with Crippen LogP contribution in [0.15, 0.2) is 36.5 Å². The first-order valence-electron chi connectivity index (χ1n) is 15.1. The van der Waals surface area contributed by atoms with Crippen LogP contribution in [0.5, 0.6) is 0 Å². The van der Waals surface area contributed by atoms with E-state index in [9.17, 15) is 32.3 Å². The Labute approximate surface area is 270 Å². The van der Waals surface area contributed by atoms with Gasteiger partial charge in [-0.1, -0.05) is 62.7 Å². The van der Waals surface area contributed by atoms with Crippen LogP contribution in [0.2, 0.25) is 0 Å². The summed E-state index contributed by atoms with van der Waals surface area (Å²) in [6.45, 7) is 7.64. The van der Waals surface area contributed by atoms with Gasteiger partial charge in [0.15, 0.2) is 0 Å². The van der Waals surface area contributed by atoms with Gasteiger partial charge in [-0.25, -0.2) is 9.48 Å². The highest BCUT2D eigenvalue weighted by Gasteiger charge is 2.44. The number of carbonyl (C=O) groups excluding carboxylic acids is 4. The molecule has 6 N–H and O–H groups in total. The normalized spacial score (nSPS) is 18.0. The van der Waals surface area contributed by atoms with Crippen molar-refractivity contribution in [1.29, 1.82) is 0 Å². The Hall–Kier alpha value is -4.54. The zero-order chi connectivity index (χ0) is 35.5. The molecule has 1 aromatic carbocycles. The number of alkyl halides is 3. The maximum atomic E-state index is 13.9. The number of rotatable bonds is 13. The lowest BCUT2D eigenvalue weighted by Crippen LogP contribution is -2.58. The topological polar surface area (TPSA) is 202 Å². The number of amides is 4. The van der Waals surface area contributed by atoms with E-state index >= 15 is 0 Å². The molecule has 17 heteroatoms. The average Bonchev–Trinajstić information content (AvgIpc) is 3.67. The number of benzene rings is 1. The Morgan fingerprint density at radius 2 is 1.70 bits per heavy atom. The van der Waals surface area contributed by atoms with E-state index < -0.39 is 48.1 Å². The molecule has 2 heterocycles. The summed E-state index contributed by atoms with van der Waals surface area (Å²) in [5.41, 5.74) is 7.33. The van der Waals surface area contributed by atoms with E-state index in [0.29, 0.717) is 0 Å². The molecule has 1 fully saturated rings. The molecule has 0 bridgehead atoms. The molecule has 0 radical (unpaired) electrons. The van der Waals surface area contributed by atoms with Crippen molar-refractivity contribution in [2.24, 2.45) is 11.7 Å². The maximum Gasteiger partial charge on any atom is 0.490 e. The number of nitrogens with two attached hydrogens (primary N) is 1. The first-order chi connectivity index (χ1) is 22.0. The summed E-state index contributed by atoms with van der Waals surface area (Å²) >= 11 is 0. The molecule has 5 atom stereocenters. The fraction of sp³-hybridized carbons (Fsp3) is 0.567. The Balaban J connectivity index is 0.000000984. The molecule has 260 valence electrons. The van der Waals surface area contributed by atoms with Crippen molar-refractivity contribution in [3.8, 4) is 0 Å². The second-order valence-corrected chi connectivity index (χ2v) is 11.5. The molecule has 0 unspecified atom stereocenters. The molecule has 0 saturated carbocycles. The summed E-state index contributed by atoms with van der Waals surface area (Å²) in [5, 5.41) is 24.1. The minimum atomic E-state index is -5.08. The first kappa shape index (κ1) is 38.6. The predicted molar refractivity (Wildman–Crippen MR) is 163 cm³/mol. The summed E-state index contributed by atoms with van der Waals surface area (Å²) in [4.78, 5) is 62.9. The highest BCUT2D eigenvalue weighted by atomic mass is 19.4. The van der Waals surface area contributed by atoms with Crippen molar-refractivity contribution in [3.05, 3.63) is 47.8 Å². The number of primary amides is 1. The number of aliphatic carboxylic acids is 1. The van der Waals surface area contributed by atoms with Gasteiger partial charge in [0.1, 0.15) is 18.1 Å². The highest BCUT2D eigenvalue weighted by molar-refractivity contribution is 5.95. The largest absolute Gasteiger partial charge is 0.490 e. The molecule has 47 heavy (non-hydrogen) atoms. The molecule has 14 nitrogen and oxygen atoms in total. The number of likely N-dealkylation sites (tertiary alicyclic amines) is 1. The lowest BCUT2D eigenvalue weighted by molar-refractivity contribution is -0.192. The first-order valence-corrected chi connectivity index (χ1v) is 15.1. The van der Waals surface area contributed by atoms with Gasteiger partial charge in [-0.05, 0) is 31.9 Å². The number of aryl methyl sites for hydroxylation is 1. The number of carboxylic acid groups (broad SMARTS) is 1. The Morgan fingerprint density at radius 3 is 2.21 bits per heavy atom. The maximum absolute atomic E-state index is 13.9. The van der Waals surface area contributed by atoms with Crippen LogP contribution >= 0.6 is 0 Å². The number of halogens is 3. The quantitative estimate of drug-likeness (QED) is 0.206.